The van der Waals surface area contributed by atoms with Crippen molar-refractivity contribution in [3.05, 3.63) is 60.7 Å². The van der Waals surface area contributed by atoms with Crippen LogP contribution in [0.4, 0.5) is 0 Å². The van der Waals surface area contributed by atoms with Crippen molar-refractivity contribution in [1.29, 1.82) is 0 Å². The molecule has 88 valence electrons. The van der Waals surface area contributed by atoms with Gasteiger partial charge in [-0.2, -0.15) is 5.10 Å². The Morgan fingerprint density at radius 1 is 1.17 bits per heavy atom. The molecule has 0 atom stereocenters. The van der Waals surface area contributed by atoms with Gasteiger partial charge in [-0.05, 0) is 18.2 Å². The zero-order chi connectivity index (χ0) is 12.4. The molecule has 2 aromatic heterocycles. The predicted octanol–water partition coefficient (Wildman–Crippen LogP) is 2.23. The molecule has 18 heavy (non-hydrogen) atoms. The smallest absolute Gasteiger partial charge is 0.300 e. The van der Waals surface area contributed by atoms with Gasteiger partial charge in [-0.1, -0.05) is 18.2 Å². The summed E-state index contributed by atoms with van der Waals surface area (Å²) in [4.78, 5) is 16.1. The van der Waals surface area contributed by atoms with Gasteiger partial charge in [0.1, 0.15) is 6.26 Å². The number of benzene rings is 1. The molecule has 0 saturated heterocycles. The van der Waals surface area contributed by atoms with Crippen LogP contribution in [0.5, 0.6) is 0 Å². The second-order valence-electron chi connectivity index (χ2n) is 3.66. The number of aromatic nitrogens is 3. The van der Waals surface area contributed by atoms with Gasteiger partial charge in [0.05, 0.1) is 0 Å². The maximum Gasteiger partial charge on any atom is 0.300 e. The summed E-state index contributed by atoms with van der Waals surface area (Å²) in [5.74, 6) is 0.108. The third-order valence-corrected chi connectivity index (χ3v) is 2.46. The quantitative estimate of drug-likeness (QED) is 0.688. The van der Waals surface area contributed by atoms with E-state index < -0.39 is 0 Å². The summed E-state index contributed by atoms with van der Waals surface area (Å²) < 4.78 is 6.51. The van der Waals surface area contributed by atoms with Gasteiger partial charge < -0.3 is 4.42 Å². The van der Waals surface area contributed by atoms with Crippen LogP contribution in [0, 0.1) is 0 Å². The Bertz CT molecular complexity index is 657. The van der Waals surface area contributed by atoms with E-state index in [1.165, 1.54) is 17.1 Å². The largest absolute Gasteiger partial charge is 0.444 e. The second-order valence-corrected chi connectivity index (χ2v) is 3.66. The van der Waals surface area contributed by atoms with E-state index >= 15 is 0 Å². The molecule has 0 bridgehead atoms. The van der Waals surface area contributed by atoms with E-state index in [9.17, 15) is 4.79 Å². The average molecular weight is 239 g/mol. The van der Waals surface area contributed by atoms with Gasteiger partial charge in [0, 0.05) is 18.0 Å². The van der Waals surface area contributed by atoms with Crippen LogP contribution in [0.15, 0.2) is 59.5 Å². The molecule has 0 saturated carbocycles. The number of hydrogen-bond donors (Lipinski definition) is 0. The van der Waals surface area contributed by atoms with E-state index in [1.807, 2.05) is 30.3 Å². The van der Waals surface area contributed by atoms with Gasteiger partial charge in [-0.15, -0.1) is 0 Å². The molecule has 3 rings (SSSR count). The van der Waals surface area contributed by atoms with Crippen LogP contribution >= 0.6 is 0 Å². The lowest BCUT2D eigenvalue weighted by Gasteiger charge is -1.94. The molecule has 5 heteroatoms. The first-order chi connectivity index (χ1) is 8.84. The lowest BCUT2D eigenvalue weighted by Crippen LogP contribution is -2.12. The number of hydrogen-bond acceptors (Lipinski definition) is 4. The minimum atomic E-state index is -0.314. The van der Waals surface area contributed by atoms with Crippen LogP contribution in [0.1, 0.15) is 10.5 Å². The molecular formula is C13H9N3O2. The van der Waals surface area contributed by atoms with Crippen LogP contribution in [-0.4, -0.2) is 20.7 Å². The Hall–Kier alpha value is -2.69. The van der Waals surface area contributed by atoms with Crippen molar-refractivity contribution in [3.63, 3.8) is 0 Å². The number of nitrogens with zero attached hydrogens (tertiary/aromatic N) is 3. The van der Waals surface area contributed by atoms with Crippen molar-refractivity contribution in [2.24, 2.45) is 0 Å². The number of oxazole rings is 1. The average Bonchev–Trinajstić information content (AvgIpc) is 3.10. The molecule has 2 heterocycles. The summed E-state index contributed by atoms with van der Waals surface area (Å²) in [7, 11) is 0. The Labute approximate surface area is 103 Å². The first-order valence-electron chi connectivity index (χ1n) is 5.40. The Morgan fingerprint density at radius 2 is 2.00 bits per heavy atom. The van der Waals surface area contributed by atoms with Gasteiger partial charge in [0.2, 0.25) is 5.89 Å². The summed E-state index contributed by atoms with van der Waals surface area (Å²) in [6.07, 6.45) is 4.45. The lowest BCUT2D eigenvalue weighted by atomic mass is 10.2. The monoisotopic (exact) mass is 239 g/mol. The van der Waals surface area contributed by atoms with Crippen LogP contribution < -0.4 is 0 Å². The van der Waals surface area contributed by atoms with Crippen LogP contribution in [0.25, 0.3) is 11.5 Å². The molecule has 0 amide bonds. The van der Waals surface area contributed by atoms with Crippen LogP contribution in [0.3, 0.4) is 0 Å². The first-order valence-corrected chi connectivity index (χ1v) is 5.40. The normalized spacial score (nSPS) is 10.4. The first kappa shape index (κ1) is 10.5. The SMILES string of the molecule is O=C(c1coc(-c2ccccc2)n1)n1cccn1. The number of carbonyl (C=O) groups is 1. The molecule has 0 spiro atoms. The number of rotatable bonds is 2. The highest BCUT2D eigenvalue weighted by atomic mass is 16.3. The maximum absolute atomic E-state index is 11.9. The topological polar surface area (TPSA) is 60.9 Å². The second kappa shape index (κ2) is 4.29. The molecule has 0 radical (unpaired) electrons. The summed E-state index contributed by atoms with van der Waals surface area (Å²) in [6, 6.07) is 11.1. The minimum absolute atomic E-state index is 0.234. The van der Waals surface area contributed by atoms with E-state index in [4.69, 9.17) is 4.42 Å². The zero-order valence-electron chi connectivity index (χ0n) is 9.35. The third kappa shape index (κ3) is 1.82. The predicted molar refractivity (Wildman–Crippen MR) is 63.9 cm³/mol. The summed E-state index contributed by atoms with van der Waals surface area (Å²) in [5.41, 5.74) is 1.06. The fraction of sp³-hybridized carbons (Fsp3) is 0. The minimum Gasteiger partial charge on any atom is -0.444 e. The maximum atomic E-state index is 11.9. The van der Waals surface area contributed by atoms with E-state index in [0.29, 0.717) is 5.89 Å². The summed E-state index contributed by atoms with van der Waals surface area (Å²) in [6.45, 7) is 0. The lowest BCUT2D eigenvalue weighted by molar-refractivity contribution is 0.0940. The van der Waals surface area contributed by atoms with Gasteiger partial charge >= 0.3 is 0 Å². The van der Waals surface area contributed by atoms with Crippen molar-refractivity contribution in [3.8, 4) is 11.5 Å². The highest BCUT2D eigenvalue weighted by Gasteiger charge is 2.14. The molecule has 0 fully saturated rings. The molecule has 5 nitrogen and oxygen atoms in total. The van der Waals surface area contributed by atoms with Crippen LogP contribution in [0.2, 0.25) is 0 Å². The standard InChI is InChI=1S/C13H9N3O2/c17-13(16-8-4-7-14-16)11-9-18-12(15-11)10-5-2-1-3-6-10/h1-9H. The van der Waals surface area contributed by atoms with E-state index in [0.717, 1.165) is 5.56 Å². The third-order valence-electron chi connectivity index (χ3n) is 2.46. The molecule has 1 aromatic carbocycles. The molecule has 0 unspecified atom stereocenters. The molecule has 3 aromatic rings. The van der Waals surface area contributed by atoms with Crippen LogP contribution in [-0.2, 0) is 0 Å². The Kier molecular flexibility index (Phi) is 2.49. The summed E-state index contributed by atoms with van der Waals surface area (Å²) in [5, 5.41) is 3.86. The van der Waals surface area contributed by atoms with Gasteiger partial charge in [-0.25, -0.2) is 9.67 Å². The van der Waals surface area contributed by atoms with Gasteiger partial charge in [0.25, 0.3) is 5.91 Å². The molecule has 0 N–H and O–H groups in total. The van der Waals surface area contributed by atoms with Crippen molar-refractivity contribution in [2.75, 3.05) is 0 Å². The fourth-order valence-corrected chi connectivity index (χ4v) is 1.59. The van der Waals surface area contributed by atoms with Gasteiger partial charge in [0.15, 0.2) is 5.69 Å². The van der Waals surface area contributed by atoms with Gasteiger partial charge in [-0.3, -0.25) is 4.79 Å². The van der Waals surface area contributed by atoms with E-state index in [1.54, 1.807) is 12.3 Å². The van der Waals surface area contributed by atoms with Crippen molar-refractivity contribution in [1.82, 2.24) is 14.8 Å². The Morgan fingerprint density at radius 3 is 2.72 bits per heavy atom. The van der Waals surface area contributed by atoms with E-state index in [-0.39, 0.29) is 11.6 Å². The fourth-order valence-electron chi connectivity index (χ4n) is 1.59. The van der Waals surface area contributed by atoms with Crippen molar-refractivity contribution >= 4 is 5.91 Å². The zero-order valence-corrected chi connectivity index (χ0v) is 9.35. The highest BCUT2D eigenvalue weighted by molar-refractivity contribution is 5.93. The number of carbonyl (C=O) groups excluding carboxylic acids is 1. The summed E-state index contributed by atoms with van der Waals surface area (Å²) >= 11 is 0. The molecular weight excluding hydrogens is 230 g/mol. The molecule has 0 aliphatic heterocycles. The van der Waals surface area contributed by atoms with Crippen molar-refractivity contribution < 1.29 is 9.21 Å². The molecule has 0 aliphatic carbocycles. The Balaban J connectivity index is 1.93. The van der Waals surface area contributed by atoms with Crippen molar-refractivity contribution in [2.45, 2.75) is 0 Å². The molecule has 0 aliphatic rings. The highest BCUT2D eigenvalue weighted by Crippen LogP contribution is 2.18. The van der Waals surface area contributed by atoms with E-state index in [2.05, 4.69) is 10.1 Å².